The van der Waals surface area contributed by atoms with Gasteiger partial charge in [-0.3, -0.25) is 4.98 Å². The number of hydrogen-bond acceptors (Lipinski definition) is 6. The lowest BCUT2D eigenvalue weighted by Gasteiger charge is -2.22. The Balaban J connectivity index is 1.61. The Bertz CT molecular complexity index is 1220. The van der Waals surface area contributed by atoms with Crippen LogP contribution >= 0.6 is 23.4 Å². The predicted molar refractivity (Wildman–Crippen MR) is 146 cm³/mol. The highest BCUT2D eigenvalue weighted by atomic mass is 35.5. The molecule has 0 spiro atoms. The minimum atomic E-state index is 0.277. The maximum absolute atomic E-state index is 6.57. The molecular formula is C28H32ClN3O2S. The molecule has 1 fully saturated rings. The van der Waals surface area contributed by atoms with Crippen LogP contribution in [0, 0.1) is 6.92 Å². The highest BCUT2D eigenvalue weighted by Gasteiger charge is 2.18. The van der Waals surface area contributed by atoms with Gasteiger partial charge in [-0.2, -0.15) is 0 Å². The van der Waals surface area contributed by atoms with E-state index < -0.39 is 0 Å². The SMILES string of the molecule is C=C/C=C(/c1cc(C)nc2c(OCc3c(Cl)cncc3SCC3CCCCO3)cccc12)N(C)C. The Morgan fingerprint density at radius 2 is 2.17 bits per heavy atom. The van der Waals surface area contributed by atoms with Crippen molar-refractivity contribution in [1.29, 1.82) is 0 Å². The fraction of sp³-hybridized carbons (Fsp3) is 0.357. The molecule has 7 heteroatoms. The first-order valence-corrected chi connectivity index (χ1v) is 13.2. The van der Waals surface area contributed by atoms with Crippen LogP contribution in [0.25, 0.3) is 16.6 Å². The Hall–Kier alpha value is -2.54. The number of para-hydroxylation sites is 1. The molecule has 184 valence electrons. The molecule has 1 saturated heterocycles. The summed E-state index contributed by atoms with van der Waals surface area (Å²) < 4.78 is 12.3. The number of rotatable bonds is 9. The summed E-state index contributed by atoms with van der Waals surface area (Å²) in [4.78, 5) is 12.3. The second-order valence-corrected chi connectivity index (χ2v) is 10.3. The summed E-state index contributed by atoms with van der Waals surface area (Å²) in [6, 6.07) is 8.14. The number of fused-ring (bicyclic) bond motifs is 1. The molecule has 5 nitrogen and oxygen atoms in total. The number of aryl methyl sites for hydroxylation is 1. The smallest absolute Gasteiger partial charge is 0.146 e. The van der Waals surface area contributed by atoms with Crippen molar-refractivity contribution in [3.63, 3.8) is 0 Å². The monoisotopic (exact) mass is 509 g/mol. The Kier molecular flexibility index (Phi) is 8.71. The van der Waals surface area contributed by atoms with Gasteiger partial charge < -0.3 is 14.4 Å². The molecule has 1 atom stereocenters. The first kappa shape index (κ1) is 25.5. The van der Waals surface area contributed by atoms with Gasteiger partial charge in [-0.25, -0.2) is 4.98 Å². The van der Waals surface area contributed by atoms with Crippen LogP contribution in [0.1, 0.15) is 36.1 Å². The van der Waals surface area contributed by atoms with Gasteiger partial charge in [0.1, 0.15) is 17.9 Å². The molecule has 3 heterocycles. The third-order valence-electron chi connectivity index (χ3n) is 6.00. The van der Waals surface area contributed by atoms with E-state index in [1.165, 1.54) is 6.42 Å². The number of thioether (sulfide) groups is 1. The zero-order valence-corrected chi connectivity index (χ0v) is 22.2. The van der Waals surface area contributed by atoms with E-state index in [4.69, 9.17) is 26.1 Å². The predicted octanol–water partition coefficient (Wildman–Crippen LogP) is 6.92. The van der Waals surface area contributed by atoms with Crippen LogP contribution in [-0.4, -0.2) is 47.4 Å². The van der Waals surface area contributed by atoms with Gasteiger partial charge in [0.15, 0.2) is 0 Å². The van der Waals surface area contributed by atoms with Gasteiger partial charge in [-0.05, 0) is 44.4 Å². The van der Waals surface area contributed by atoms with Gasteiger partial charge in [0.25, 0.3) is 0 Å². The fourth-order valence-corrected chi connectivity index (χ4v) is 5.63. The normalized spacial score (nSPS) is 16.3. The van der Waals surface area contributed by atoms with E-state index in [0.717, 1.165) is 69.3 Å². The second kappa shape index (κ2) is 11.9. The molecule has 1 aliphatic heterocycles. The maximum Gasteiger partial charge on any atom is 0.146 e. The van der Waals surface area contributed by atoms with E-state index in [2.05, 4.69) is 28.6 Å². The number of hydrogen-bond donors (Lipinski definition) is 0. The molecule has 1 aromatic carbocycles. The number of ether oxygens (including phenoxy) is 2. The largest absolute Gasteiger partial charge is 0.487 e. The van der Waals surface area contributed by atoms with Gasteiger partial charge in [0.05, 0.1) is 11.1 Å². The number of nitrogens with zero attached hydrogens (tertiary/aromatic N) is 3. The zero-order valence-electron chi connectivity index (χ0n) is 20.6. The van der Waals surface area contributed by atoms with Crippen molar-refractivity contribution in [1.82, 2.24) is 14.9 Å². The van der Waals surface area contributed by atoms with E-state index in [1.807, 2.05) is 45.4 Å². The number of pyridine rings is 2. The molecule has 1 unspecified atom stereocenters. The topological polar surface area (TPSA) is 47.5 Å². The summed E-state index contributed by atoms with van der Waals surface area (Å²) in [6.07, 6.45) is 11.1. The Labute approximate surface area is 217 Å². The molecule has 0 N–H and O–H groups in total. The minimum absolute atomic E-state index is 0.277. The number of aromatic nitrogens is 2. The van der Waals surface area contributed by atoms with Crippen LogP contribution in [0.2, 0.25) is 5.02 Å². The minimum Gasteiger partial charge on any atom is -0.487 e. The lowest BCUT2D eigenvalue weighted by atomic mass is 10.0. The van der Waals surface area contributed by atoms with E-state index in [-0.39, 0.29) is 6.10 Å². The first-order chi connectivity index (χ1) is 17.0. The number of allylic oxidation sites excluding steroid dienone is 2. The maximum atomic E-state index is 6.57. The van der Waals surface area contributed by atoms with Crippen molar-refractivity contribution >= 4 is 40.0 Å². The van der Waals surface area contributed by atoms with Crippen molar-refractivity contribution in [2.75, 3.05) is 26.5 Å². The van der Waals surface area contributed by atoms with Crippen molar-refractivity contribution in [2.24, 2.45) is 0 Å². The molecule has 4 rings (SSSR count). The molecule has 0 amide bonds. The number of benzene rings is 1. The number of halogens is 1. The van der Waals surface area contributed by atoms with Crippen molar-refractivity contribution < 1.29 is 9.47 Å². The van der Waals surface area contributed by atoms with E-state index in [9.17, 15) is 0 Å². The summed E-state index contributed by atoms with van der Waals surface area (Å²) in [7, 11) is 4.06. The quantitative estimate of drug-likeness (QED) is 0.230. The lowest BCUT2D eigenvalue weighted by molar-refractivity contribution is 0.0315. The van der Waals surface area contributed by atoms with Gasteiger partial charge in [-0.15, -0.1) is 11.8 Å². The molecule has 0 saturated carbocycles. The molecular weight excluding hydrogens is 478 g/mol. The van der Waals surface area contributed by atoms with Crippen molar-refractivity contribution in [3.05, 3.63) is 77.2 Å². The fourth-order valence-electron chi connectivity index (χ4n) is 4.25. The van der Waals surface area contributed by atoms with E-state index in [0.29, 0.717) is 11.6 Å². The average Bonchev–Trinajstić information content (AvgIpc) is 2.85. The molecule has 3 aromatic rings. The van der Waals surface area contributed by atoms with Crippen molar-refractivity contribution in [3.8, 4) is 5.75 Å². The van der Waals surface area contributed by atoms with Crippen LogP contribution in [0.4, 0.5) is 0 Å². The zero-order chi connectivity index (χ0) is 24.8. The van der Waals surface area contributed by atoms with Gasteiger partial charge in [-0.1, -0.05) is 36.4 Å². The average molecular weight is 510 g/mol. The second-order valence-electron chi connectivity index (χ2n) is 8.83. The molecule has 2 aromatic heterocycles. The lowest BCUT2D eigenvalue weighted by Crippen LogP contribution is -2.21. The standard InChI is InChI=1S/C28H32ClN3O2S/c1-5-9-25(32(3)4)22-14-19(2)31-28-21(22)11-8-12-26(28)34-17-23-24(29)15-30-16-27(23)35-18-20-10-6-7-13-33-20/h5,8-9,11-12,14-16,20H,1,6-7,10,13,17-18H2,2-4H3/b25-9-. The molecule has 0 bridgehead atoms. The molecule has 1 aliphatic rings. The third kappa shape index (κ3) is 6.18. The van der Waals surface area contributed by atoms with Crippen LogP contribution < -0.4 is 4.74 Å². The molecule has 0 aliphatic carbocycles. The van der Waals surface area contributed by atoms with Gasteiger partial charge in [0, 0.05) is 71.6 Å². The van der Waals surface area contributed by atoms with Crippen molar-refractivity contribution in [2.45, 2.75) is 43.8 Å². The van der Waals surface area contributed by atoms with Crippen LogP contribution in [0.3, 0.4) is 0 Å². The van der Waals surface area contributed by atoms with Gasteiger partial charge >= 0.3 is 0 Å². The molecule has 0 radical (unpaired) electrons. The summed E-state index contributed by atoms with van der Waals surface area (Å²) >= 11 is 8.31. The van der Waals surface area contributed by atoms with E-state index >= 15 is 0 Å². The summed E-state index contributed by atoms with van der Waals surface area (Å²) in [5.41, 5.74) is 4.84. The Morgan fingerprint density at radius 1 is 1.31 bits per heavy atom. The Morgan fingerprint density at radius 3 is 2.91 bits per heavy atom. The summed E-state index contributed by atoms with van der Waals surface area (Å²) in [5.74, 6) is 1.61. The first-order valence-electron chi connectivity index (χ1n) is 11.9. The third-order valence-corrected chi connectivity index (χ3v) is 7.53. The van der Waals surface area contributed by atoms with Crippen LogP contribution in [-0.2, 0) is 11.3 Å². The highest BCUT2D eigenvalue weighted by molar-refractivity contribution is 7.99. The van der Waals surface area contributed by atoms with E-state index in [1.54, 1.807) is 24.0 Å². The van der Waals surface area contributed by atoms with Crippen LogP contribution in [0.15, 0.2) is 60.3 Å². The van der Waals surface area contributed by atoms with Crippen LogP contribution in [0.5, 0.6) is 5.75 Å². The summed E-state index contributed by atoms with van der Waals surface area (Å²) in [5, 5.41) is 1.63. The van der Waals surface area contributed by atoms with Gasteiger partial charge in [0.2, 0.25) is 0 Å². The molecule has 35 heavy (non-hydrogen) atoms. The highest BCUT2D eigenvalue weighted by Crippen LogP contribution is 2.34. The summed E-state index contributed by atoms with van der Waals surface area (Å²) in [6.45, 7) is 7.07.